The Kier molecular flexibility index (Phi) is 6.59. The molecule has 6 nitrogen and oxygen atoms in total. The molecule has 168 valence electrons. The number of sulfonamides is 1. The van der Waals surface area contributed by atoms with Gasteiger partial charge in [-0.3, -0.25) is 14.4 Å². The van der Waals surface area contributed by atoms with Crippen LogP contribution in [-0.2, 0) is 16.6 Å². The molecule has 0 atom stereocenters. The smallest absolute Gasteiger partial charge is 0.261 e. The Bertz CT molecular complexity index is 1190. The molecule has 0 spiro atoms. The van der Waals surface area contributed by atoms with Crippen molar-refractivity contribution in [1.29, 1.82) is 0 Å². The minimum absolute atomic E-state index is 0.00731. The van der Waals surface area contributed by atoms with Crippen LogP contribution in [-0.4, -0.2) is 50.3 Å². The summed E-state index contributed by atoms with van der Waals surface area (Å²) in [7, 11) is -3.92. The van der Waals surface area contributed by atoms with Gasteiger partial charge in [0.1, 0.15) is 5.82 Å². The van der Waals surface area contributed by atoms with Gasteiger partial charge >= 0.3 is 0 Å². The number of rotatable bonds is 6. The van der Waals surface area contributed by atoms with Gasteiger partial charge in [0, 0.05) is 48.9 Å². The third-order valence-corrected chi connectivity index (χ3v) is 7.71. The van der Waals surface area contributed by atoms with E-state index in [1.165, 1.54) is 41.3 Å². The third-order valence-electron chi connectivity index (χ3n) is 5.47. The fourth-order valence-electron chi connectivity index (χ4n) is 3.63. The maximum atomic E-state index is 13.2. The first-order chi connectivity index (χ1) is 15.3. The van der Waals surface area contributed by atoms with Gasteiger partial charge in [0.15, 0.2) is 0 Å². The number of anilines is 1. The van der Waals surface area contributed by atoms with Gasteiger partial charge in [0.25, 0.3) is 15.9 Å². The summed E-state index contributed by atoms with van der Waals surface area (Å²) < 4.78 is 41.1. The second-order valence-corrected chi connectivity index (χ2v) is 10.5. The highest BCUT2D eigenvalue weighted by molar-refractivity contribution is 7.92. The lowest BCUT2D eigenvalue weighted by Crippen LogP contribution is -2.48. The Balaban J connectivity index is 1.46. The van der Waals surface area contributed by atoms with E-state index in [9.17, 15) is 17.6 Å². The van der Waals surface area contributed by atoms with E-state index in [0.717, 1.165) is 25.2 Å². The summed E-state index contributed by atoms with van der Waals surface area (Å²) in [5, 5.41) is 2.06. The zero-order valence-electron chi connectivity index (χ0n) is 17.6. The first-order valence-corrected chi connectivity index (χ1v) is 12.6. The lowest BCUT2D eigenvalue weighted by atomic mass is 10.1. The average Bonchev–Trinajstić information content (AvgIpc) is 3.28. The molecule has 4 rings (SSSR count). The Labute approximate surface area is 191 Å². The van der Waals surface area contributed by atoms with Crippen LogP contribution < -0.4 is 4.72 Å². The summed E-state index contributed by atoms with van der Waals surface area (Å²) >= 11 is 1.72. The molecule has 1 fully saturated rings. The number of benzene rings is 2. The minimum Gasteiger partial charge on any atom is -0.336 e. The first kappa shape index (κ1) is 22.4. The largest absolute Gasteiger partial charge is 0.336 e. The lowest BCUT2D eigenvalue weighted by molar-refractivity contribution is 0.0628. The van der Waals surface area contributed by atoms with Crippen LogP contribution in [0.3, 0.4) is 0 Å². The number of piperazine rings is 1. The highest BCUT2D eigenvalue weighted by atomic mass is 32.2. The summed E-state index contributed by atoms with van der Waals surface area (Å²) in [6.45, 7) is 5.40. The normalized spacial score (nSPS) is 15.0. The maximum absolute atomic E-state index is 13.2. The standard InChI is InChI=1S/C23H24FN3O3S2/c1-17-4-9-21(32(29,30)25-19-7-5-18(24)6-8-19)15-22(17)23(28)27-12-10-26(11-13-27)16-20-3-2-14-31-20/h2-9,14-15,25H,10-13,16H2,1H3. The van der Waals surface area contributed by atoms with Crippen LogP contribution >= 0.6 is 11.3 Å². The van der Waals surface area contributed by atoms with Crippen LogP contribution in [0.5, 0.6) is 0 Å². The monoisotopic (exact) mass is 473 g/mol. The van der Waals surface area contributed by atoms with Gasteiger partial charge in [-0.15, -0.1) is 11.3 Å². The highest BCUT2D eigenvalue weighted by Gasteiger charge is 2.25. The van der Waals surface area contributed by atoms with Crippen molar-refractivity contribution in [3.63, 3.8) is 0 Å². The summed E-state index contributed by atoms with van der Waals surface area (Å²) in [5.74, 6) is -0.622. The molecule has 1 N–H and O–H groups in total. The van der Waals surface area contributed by atoms with Crippen molar-refractivity contribution >= 4 is 33.0 Å². The van der Waals surface area contributed by atoms with Crippen molar-refractivity contribution in [2.75, 3.05) is 30.9 Å². The number of carbonyl (C=O) groups is 1. The predicted molar refractivity (Wildman–Crippen MR) is 124 cm³/mol. The number of aryl methyl sites for hydroxylation is 1. The molecule has 3 aromatic rings. The van der Waals surface area contributed by atoms with Crippen molar-refractivity contribution in [3.8, 4) is 0 Å². The van der Waals surface area contributed by atoms with Crippen molar-refractivity contribution in [1.82, 2.24) is 9.80 Å². The molecule has 0 unspecified atom stereocenters. The van der Waals surface area contributed by atoms with E-state index in [-0.39, 0.29) is 16.5 Å². The van der Waals surface area contributed by atoms with Crippen LogP contribution in [0.2, 0.25) is 0 Å². The molecular weight excluding hydrogens is 449 g/mol. The molecule has 2 heterocycles. The van der Waals surface area contributed by atoms with E-state index in [0.29, 0.717) is 18.7 Å². The molecule has 1 aliphatic rings. The van der Waals surface area contributed by atoms with E-state index in [1.807, 2.05) is 6.07 Å². The molecule has 1 amide bonds. The molecule has 0 radical (unpaired) electrons. The van der Waals surface area contributed by atoms with E-state index >= 15 is 0 Å². The van der Waals surface area contributed by atoms with E-state index < -0.39 is 15.8 Å². The van der Waals surface area contributed by atoms with Gasteiger partial charge in [-0.25, -0.2) is 12.8 Å². The molecule has 2 aromatic carbocycles. The second-order valence-electron chi connectivity index (χ2n) is 7.74. The van der Waals surface area contributed by atoms with E-state index in [1.54, 1.807) is 29.2 Å². The summed E-state index contributed by atoms with van der Waals surface area (Å²) in [6.07, 6.45) is 0. The molecule has 32 heavy (non-hydrogen) atoms. The van der Waals surface area contributed by atoms with Gasteiger partial charge in [-0.05, 0) is 60.3 Å². The SMILES string of the molecule is Cc1ccc(S(=O)(=O)Nc2ccc(F)cc2)cc1C(=O)N1CCN(Cc2cccs2)CC1. The molecule has 1 aromatic heterocycles. The molecule has 1 aliphatic heterocycles. The van der Waals surface area contributed by atoms with E-state index in [2.05, 4.69) is 21.1 Å². The number of carbonyl (C=O) groups excluding carboxylic acids is 1. The molecule has 1 saturated heterocycles. The molecular formula is C23H24FN3O3S2. The summed E-state index contributed by atoms with van der Waals surface area (Å²) in [5.41, 5.74) is 1.34. The fraction of sp³-hybridized carbons (Fsp3) is 0.261. The van der Waals surface area contributed by atoms with E-state index in [4.69, 9.17) is 0 Å². The van der Waals surface area contributed by atoms with Crippen LogP contribution in [0.1, 0.15) is 20.8 Å². The number of hydrogen-bond acceptors (Lipinski definition) is 5. The quantitative estimate of drug-likeness (QED) is 0.589. The molecule has 9 heteroatoms. The second kappa shape index (κ2) is 9.40. The summed E-state index contributed by atoms with van der Waals surface area (Å²) in [6, 6.07) is 13.7. The Morgan fingerprint density at radius 1 is 1.06 bits per heavy atom. The molecule has 0 saturated carbocycles. The molecule has 0 aliphatic carbocycles. The van der Waals surface area contributed by atoms with Crippen LogP contribution in [0.4, 0.5) is 10.1 Å². The zero-order chi connectivity index (χ0) is 22.7. The number of amides is 1. The van der Waals surface area contributed by atoms with Gasteiger partial charge in [-0.1, -0.05) is 12.1 Å². The Morgan fingerprint density at radius 3 is 2.44 bits per heavy atom. The zero-order valence-corrected chi connectivity index (χ0v) is 19.3. The number of halogens is 1. The van der Waals surface area contributed by atoms with Crippen LogP contribution in [0.15, 0.2) is 64.9 Å². The van der Waals surface area contributed by atoms with Crippen molar-refractivity contribution in [2.45, 2.75) is 18.4 Å². The topological polar surface area (TPSA) is 69.7 Å². The van der Waals surface area contributed by atoms with Crippen molar-refractivity contribution in [2.24, 2.45) is 0 Å². The lowest BCUT2D eigenvalue weighted by Gasteiger charge is -2.34. The number of thiophene rings is 1. The fourth-order valence-corrected chi connectivity index (χ4v) is 5.46. The van der Waals surface area contributed by atoms with Gasteiger partial charge in [-0.2, -0.15) is 0 Å². The highest BCUT2D eigenvalue weighted by Crippen LogP contribution is 2.22. The van der Waals surface area contributed by atoms with Crippen LogP contribution in [0, 0.1) is 12.7 Å². The van der Waals surface area contributed by atoms with Crippen molar-refractivity contribution in [3.05, 3.63) is 81.8 Å². The number of nitrogens with zero attached hydrogens (tertiary/aromatic N) is 2. The van der Waals surface area contributed by atoms with Gasteiger partial charge < -0.3 is 4.90 Å². The predicted octanol–water partition coefficient (Wildman–Crippen LogP) is 3.95. The van der Waals surface area contributed by atoms with Crippen LogP contribution in [0.25, 0.3) is 0 Å². The van der Waals surface area contributed by atoms with Crippen molar-refractivity contribution < 1.29 is 17.6 Å². The number of nitrogens with one attached hydrogen (secondary N) is 1. The third kappa shape index (κ3) is 5.17. The first-order valence-electron chi connectivity index (χ1n) is 10.2. The average molecular weight is 474 g/mol. The van der Waals surface area contributed by atoms with Gasteiger partial charge in [0.2, 0.25) is 0 Å². The molecule has 0 bridgehead atoms. The Hall–Kier alpha value is -2.75. The summed E-state index contributed by atoms with van der Waals surface area (Å²) in [4.78, 5) is 18.6. The Morgan fingerprint density at radius 2 is 1.78 bits per heavy atom. The van der Waals surface area contributed by atoms with Gasteiger partial charge in [0.05, 0.1) is 4.90 Å². The minimum atomic E-state index is -3.92. The maximum Gasteiger partial charge on any atom is 0.261 e. The number of hydrogen-bond donors (Lipinski definition) is 1.